The van der Waals surface area contributed by atoms with Crippen molar-refractivity contribution in [1.82, 2.24) is 9.97 Å². The highest BCUT2D eigenvalue weighted by molar-refractivity contribution is 6.31. The van der Waals surface area contributed by atoms with Gasteiger partial charge in [-0.25, -0.2) is 9.97 Å². The van der Waals surface area contributed by atoms with Crippen LogP contribution in [0.4, 0.5) is 17.3 Å². The third kappa shape index (κ3) is 4.43. The Labute approximate surface area is 158 Å². The molecule has 1 aromatic heterocycles. The number of ether oxygens (including phenoxy) is 1. The SMILES string of the molecule is CCN(Cc1ccccc1)c1cc(Nc2cc(Cl)ccc2OC)ncn1. The van der Waals surface area contributed by atoms with E-state index in [2.05, 4.69) is 39.2 Å². The Bertz CT molecular complexity index is 857. The molecule has 0 aliphatic rings. The van der Waals surface area contributed by atoms with Crippen LogP contribution >= 0.6 is 11.6 Å². The Morgan fingerprint density at radius 3 is 2.62 bits per heavy atom. The topological polar surface area (TPSA) is 50.3 Å². The van der Waals surface area contributed by atoms with E-state index in [1.807, 2.05) is 36.4 Å². The van der Waals surface area contributed by atoms with Crippen molar-refractivity contribution in [3.05, 3.63) is 71.5 Å². The van der Waals surface area contributed by atoms with Gasteiger partial charge in [0.05, 0.1) is 12.8 Å². The number of hydrogen-bond acceptors (Lipinski definition) is 5. The molecule has 0 aliphatic heterocycles. The third-order valence-corrected chi connectivity index (χ3v) is 4.23. The van der Waals surface area contributed by atoms with Crippen LogP contribution in [-0.2, 0) is 6.54 Å². The molecule has 0 saturated heterocycles. The summed E-state index contributed by atoms with van der Waals surface area (Å²) in [5.41, 5.74) is 2.00. The Kier molecular flexibility index (Phi) is 5.92. The highest BCUT2D eigenvalue weighted by Gasteiger charge is 2.10. The predicted molar refractivity (Wildman–Crippen MR) is 106 cm³/mol. The number of aromatic nitrogens is 2. The van der Waals surface area contributed by atoms with E-state index >= 15 is 0 Å². The molecule has 5 nitrogen and oxygen atoms in total. The molecule has 6 heteroatoms. The van der Waals surface area contributed by atoms with Gasteiger partial charge in [0.15, 0.2) is 0 Å². The van der Waals surface area contributed by atoms with E-state index < -0.39 is 0 Å². The fraction of sp³-hybridized carbons (Fsp3) is 0.200. The van der Waals surface area contributed by atoms with E-state index in [9.17, 15) is 0 Å². The third-order valence-electron chi connectivity index (χ3n) is 4.00. The summed E-state index contributed by atoms with van der Waals surface area (Å²) in [6.45, 7) is 3.73. The zero-order valence-electron chi connectivity index (χ0n) is 14.8. The van der Waals surface area contributed by atoms with E-state index in [-0.39, 0.29) is 0 Å². The van der Waals surface area contributed by atoms with Gasteiger partial charge in [-0.2, -0.15) is 0 Å². The van der Waals surface area contributed by atoms with Gasteiger partial charge in [-0.3, -0.25) is 0 Å². The van der Waals surface area contributed by atoms with Crippen LogP contribution < -0.4 is 15.0 Å². The van der Waals surface area contributed by atoms with Gasteiger partial charge in [-0.05, 0) is 30.7 Å². The van der Waals surface area contributed by atoms with E-state index in [4.69, 9.17) is 16.3 Å². The minimum absolute atomic E-state index is 0.627. The molecule has 2 aromatic carbocycles. The molecule has 0 spiro atoms. The first kappa shape index (κ1) is 18.0. The number of nitrogens with zero attached hydrogens (tertiary/aromatic N) is 3. The zero-order valence-corrected chi connectivity index (χ0v) is 15.6. The highest BCUT2D eigenvalue weighted by Crippen LogP contribution is 2.30. The second-order valence-electron chi connectivity index (χ2n) is 5.73. The normalized spacial score (nSPS) is 10.4. The molecule has 1 N–H and O–H groups in total. The maximum absolute atomic E-state index is 6.10. The number of nitrogens with one attached hydrogen (secondary N) is 1. The van der Waals surface area contributed by atoms with Gasteiger partial charge in [-0.1, -0.05) is 41.9 Å². The smallest absolute Gasteiger partial charge is 0.142 e. The van der Waals surface area contributed by atoms with Crippen molar-refractivity contribution in [2.24, 2.45) is 0 Å². The Morgan fingerprint density at radius 2 is 1.88 bits per heavy atom. The molecular weight excluding hydrogens is 348 g/mol. The van der Waals surface area contributed by atoms with Gasteiger partial charge in [-0.15, -0.1) is 0 Å². The maximum Gasteiger partial charge on any atom is 0.142 e. The van der Waals surface area contributed by atoms with Gasteiger partial charge >= 0.3 is 0 Å². The van der Waals surface area contributed by atoms with Crippen LogP contribution in [0.15, 0.2) is 60.9 Å². The number of hydrogen-bond donors (Lipinski definition) is 1. The first-order chi connectivity index (χ1) is 12.7. The Hall–Kier alpha value is -2.79. The van der Waals surface area contributed by atoms with Crippen LogP contribution in [0.1, 0.15) is 12.5 Å². The van der Waals surface area contributed by atoms with Crippen molar-refractivity contribution in [2.45, 2.75) is 13.5 Å². The molecular formula is C20H21ClN4O. The minimum Gasteiger partial charge on any atom is -0.495 e. The molecule has 26 heavy (non-hydrogen) atoms. The molecule has 0 bridgehead atoms. The molecule has 134 valence electrons. The van der Waals surface area contributed by atoms with Crippen LogP contribution in [0.5, 0.6) is 5.75 Å². The van der Waals surface area contributed by atoms with Gasteiger partial charge in [0, 0.05) is 24.2 Å². The van der Waals surface area contributed by atoms with Crippen LogP contribution in [-0.4, -0.2) is 23.6 Å². The first-order valence-electron chi connectivity index (χ1n) is 8.41. The standard InChI is InChI=1S/C20H21ClN4O/c1-3-25(13-15-7-5-4-6-8-15)20-12-19(22-14-23-20)24-17-11-16(21)9-10-18(17)26-2/h4-12,14H,3,13H2,1-2H3,(H,22,23,24). The first-order valence-corrected chi connectivity index (χ1v) is 8.79. The van der Waals surface area contributed by atoms with E-state index in [0.29, 0.717) is 16.6 Å². The number of methoxy groups -OCH3 is 1. The summed E-state index contributed by atoms with van der Waals surface area (Å²) in [5, 5.41) is 3.89. The molecule has 0 unspecified atom stereocenters. The van der Waals surface area contributed by atoms with Crippen LogP contribution in [0, 0.1) is 0 Å². The highest BCUT2D eigenvalue weighted by atomic mass is 35.5. The van der Waals surface area contributed by atoms with Crippen LogP contribution in [0.25, 0.3) is 0 Å². The average molecular weight is 369 g/mol. The largest absolute Gasteiger partial charge is 0.495 e. The minimum atomic E-state index is 0.627. The molecule has 3 aromatic rings. The van der Waals surface area contributed by atoms with Crippen molar-refractivity contribution in [1.29, 1.82) is 0 Å². The second-order valence-corrected chi connectivity index (χ2v) is 6.17. The molecule has 3 rings (SSSR count). The van der Waals surface area contributed by atoms with E-state index in [0.717, 1.165) is 24.6 Å². The van der Waals surface area contributed by atoms with Gasteiger partial charge in [0.2, 0.25) is 0 Å². The summed E-state index contributed by atoms with van der Waals surface area (Å²) in [7, 11) is 1.62. The maximum atomic E-state index is 6.10. The van der Waals surface area contributed by atoms with Crippen molar-refractivity contribution >= 4 is 28.9 Å². The summed E-state index contributed by atoms with van der Waals surface area (Å²) in [4.78, 5) is 10.9. The zero-order chi connectivity index (χ0) is 18.4. The number of benzene rings is 2. The summed E-state index contributed by atoms with van der Waals surface area (Å²) in [6, 6.07) is 17.7. The van der Waals surface area contributed by atoms with E-state index in [1.165, 1.54) is 5.56 Å². The molecule has 1 heterocycles. The van der Waals surface area contributed by atoms with Gasteiger partial charge < -0.3 is 15.0 Å². The summed E-state index contributed by atoms with van der Waals surface area (Å²) < 4.78 is 5.38. The number of rotatable bonds is 7. The van der Waals surface area contributed by atoms with Crippen molar-refractivity contribution < 1.29 is 4.74 Å². The van der Waals surface area contributed by atoms with Crippen molar-refractivity contribution in [2.75, 3.05) is 23.9 Å². The Morgan fingerprint density at radius 1 is 1.08 bits per heavy atom. The molecule has 0 fully saturated rings. The summed E-state index contributed by atoms with van der Waals surface area (Å²) in [5.74, 6) is 2.24. The lowest BCUT2D eigenvalue weighted by Gasteiger charge is -2.22. The fourth-order valence-corrected chi connectivity index (χ4v) is 2.83. The molecule has 0 radical (unpaired) electrons. The molecule has 0 saturated carbocycles. The van der Waals surface area contributed by atoms with Gasteiger partial charge in [0.1, 0.15) is 23.7 Å². The number of anilines is 3. The molecule has 0 atom stereocenters. The van der Waals surface area contributed by atoms with Crippen molar-refractivity contribution in [3.8, 4) is 5.75 Å². The van der Waals surface area contributed by atoms with Crippen LogP contribution in [0.2, 0.25) is 5.02 Å². The van der Waals surface area contributed by atoms with E-state index in [1.54, 1.807) is 19.5 Å². The molecule has 0 amide bonds. The lowest BCUT2D eigenvalue weighted by atomic mass is 10.2. The van der Waals surface area contributed by atoms with Crippen molar-refractivity contribution in [3.63, 3.8) is 0 Å². The second kappa shape index (κ2) is 8.54. The quantitative estimate of drug-likeness (QED) is 0.642. The van der Waals surface area contributed by atoms with Gasteiger partial charge in [0.25, 0.3) is 0 Å². The summed E-state index contributed by atoms with van der Waals surface area (Å²) >= 11 is 6.10. The molecule has 0 aliphatic carbocycles. The van der Waals surface area contributed by atoms with Crippen LogP contribution in [0.3, 0.4) is 0 Å². The fourth-order valence-electron chi connectivity index (χ4n) is 2.66. The Balaban J connectivity index is 1.82. The average Bonchev–Trinajstić information content (AvgIpc) is 2.67. The predicted octanol–water partition coefficient (Wildman–Crippen LogP) is 4.91. The monoisotopic (exact) mass is 368 g/mol. The lowest BCUT2D eigenvalue weighted by Crippen LogP contribution is -2.23. The summed E-state index contributed by atoms with van der Waals surface area (Å²) in [6.07, 6.45) is 1.56. The lowest BCUT2D eigenvalue weighted by molar-refractivity contribution is 0.417. The number of halogens is 1.